The zero-order valence-electron chi connectivity index (χ0n) is 18.9. The van der Waals surface area contributed by atoms with E-state index in [2.05, 4.69) is 39.5 Å². The zero-order chi connectivity index (χ0) is 20.7. The Hall–Kier alpha value is -0.740. The summed E-state index contributed by atoms with van der Waals surface area (Å²) in [7, 11) is 0. The number of Topliss-reactive ketones (excluding diaryl/α,β-unsaturated/α-hetero) is 2. The van der Waals surface area contributed by atoms with Gasteiger partial charge in [-0.3, -0.25) is 14.5 Å². The van der Waals surface area contributed by atoms with Gasteiger partial charge >= 0.3 is 0 Å². The predicted molar refractivity (Wildman–Crippen MR) is 112 cm³/mol. The van der Waals surface area contributed by atoms with E-state index in [9.17, 15) is 9.59 Å². The third kappa shape index (κ3) is 7.65. The molecule has 1 aliphatic heterocycles. The number of hydrogen-bond acceptors (Lipinski definition) is 4. The van der Waals surface area contributed by atoms with Crippen molar-refractivity contribution in [2.45, 2.75) is 117 Å². The van der Waals surface area contributed by atoms with E-state index >= 15 is 0 Å². The molecule has 0 aromatic rings. The summed E-state index contributed by atoms with van der Waals surface area (Å²) in [6, 6.07) is 0. The average Bonchev–Trinajstić information content (AvgIpc) is 2.51. The van der Waals surface area contributed by atoms with Crippen LogP contribution in [0.15, 0.2) is 0 Å². The van der Waals surface area contributed by atoms with Crippen molar-refractivity contribution in [2.75, 3.05) is 13.2 Å². The quantitative estimate of drug-likeness (QED) is 0.345. The molecule has 0 aromatic carbocycles. The molecule has 0 bridgehead atoms. The van der Waals surface area contributed by atoms with Gasteiger partial charge in [-0.1, -0.05) is 39.0 Å². The minimum absolute atomic E-state index is 0.0319. The Balaban J connectivity index is 2.60. The minimum atomic E-state index is -0.524. The molecule has 1 fully saturated rings. The molecular weight excluding hydrogens is 338 g/mol. The lowest BCUT2D eigenvalue weighted by Gasteiger charge is -2.55. The maximum Gasteiger partial charge on any atom is 0.141 e. The summed E-state index contributed by atoms with van der Waals surface area (Å²) >= 11 is 0. The van der Waals surface area contributed by atoms with Crippen LogP contribution >= 0.6 is 0 Å². The molecule has 0 aliphatic carbocycles. The number of ether oxygens (including phenoxy) is 1. The van der Waals surface area contributed by atoms with E-state index < -0.39 is 5.92 Å². The second-order valence-electron chi connectivity index (χ2n) is 9.68. The van der Waals surface area contributed by atoms with Crippen LogP contribution in [0.4, 0.5) is 0 Å². The molecule has 1 rings (SSSR count). The van der Waals surface area contributed by atoms with Gasteiger partial charge in [-0.05, 0) is 60.8 Å². The SMILES string of the molecule is CCCCCCCCOC1CC(C)(C)N(CC(C(C)=O)C(C)=O)C(C)(C)C1. The van der Waals surface area contributed by atoms with E-state index in [1.165, 1.54) is 46.0 Å². The van der Waals surface area contributed by atoms with E-state index in [1.807, 2.05) is 0 Å². The molecule has 1 aliphatic rings. The first-order valence-electron chi connectivity index (χ1n) is 10.9. The van der Waals surface area contributed by atoms with E-state index in [1.54, 1.807) is 0 Å². The van der Waals surface area contributed by atoms with E-state index in [-0.39, 0.29) is 28.7 Å². The lowest BCUT2D eigenvalue weighted by atomic mass is 9.77. The van der Waals surface area contributed by atoms with E-state index in [4.69, 9.17) is 4.74 Å². The van der Waals surface area contributed by atoms with Gasteiger partial charge in [-0.25, -0.2) is 0 Å². The van der Waals surface area contributed by atoms with Crippen LogP contribution in [-0.2, 0) is 14.3 Å². The predicted octanol–water partition coefficient (Wildman–Crippen LogP) is 5.18. The molecule has 0 spiro atoms. The third-order valence-corrected chi connectivity index (χ3v) is 6.11. The molecule has 0 aromatic heterocycles. The third-order valence-electron chi connectivity index (χ3n) is 6.11. The number of unbranched alkanes of at least 4 members (excludes halogenated alkanes) is 5. The van der Waals surface area contributed by atoms with Gasteiger partial charge in [0.2, 0.25) is 0 Å². The summed E-state index contributed by atoms with van der Waals surface area (Å²) in [5, 5.41) is 0. The summed E-state index contributed by atoms with van der Waals surface area (Å²) in [5.74, 6) is -0.588. The number of carbonyl (C=O) groups is 2. The monoisotopic (exact) mass is 381 g/mol. The van der Waals surface area contributed by atoms with Gasteiger partial charge in [0.15, 0.2) is 0 Å². The van der Waals surface area contributed by atoms with Crippen molar-refractivity contribution < 1.29 is 14.3 Å². The van der Waals surface area contributed by atoms with Crippen molar-refractivity contribution in [1.29, 1.82) is 0 Å². The number of nitrogens with zero attached hydrogens (tertiary/aromatic N) is 1. The normalized spacial score (nSPS) is 20.1. The molecule has 0 amide bonds. The van der Waals surface area contributed by atoms with Gasteiger partial charge in [-0.15, -0.1) is 0 Å². The Labute approximate surface area is 167 Å². The summed E-state index contributed by atoms with van der Waals surface area (Å²) < 4.78 is 6.25. The van der Waals surface area contributed by atoms with Crippen LogP contribution in [0, 0.1) is 5.92 Å². The molecule has 0 atom stereocenters. The number of ketones is 2. The van der Waals surface area contributed by atoms with Crippen molar-refractivity contribution in [3.8, 4) is 0 Å². The first-order chi connectivity index (χ1) is 12.5. The maximum atomic E-state index is 11.9. The fourth-order valence-electron chi connectivity index (χ4n) is 4.70. The van der Waals surface area contributed by atoms with Gasteiger partial charge in [0, 0.05) is 24.2 Å². The lowest BCUT2D eigenvalue weighted by molar-refractivity contribution is -0.138. The highest BCUT2D eigenvalue weighted by Crippen LogP contribution is 2.40. The minimum Gasteiger partial charge on any atom is -0.378 e. The fourth-order valence-corrected chi connectivity index (χ4v) is 4.70. The Morgan fingerprint density at radius 2 is 1.41 bits per heavy atom. The second-order valence-corrected chi connectivity index (χ2v) is 9.68. The van der Waals surface area contributed by atoms with Crippen molar-refractivity contribution >= 4 is 11.6 Å². The molecule has 158 valence electrons. The van der Waals surface area contributed by atoms with E-state index in [0.29, 0.717) is 6.54 Å². The van der Waals surface area contributed by atoms with Crippen LogP contribution in [0.2, 0.25) is 0 Å². The number of hydrogen-bond donors (Lipinski definition) is 0. The van der Waals surface area contributed by atoms with Gasteiger partial charge in [0.05, 0.1) is 12.0 Å². The standard InChI is InChI=1S/C23H43NO3/c1-8-9-10-11-12-13-14-27-20-15-22(4,5)24(23(6,7)16-20)17-21(18(2)25)19(3)26/h20-21H,8-17H2,1-7H3. The summed E-state index contributed by atoms with van der Waals surface area (Å²) in [5.41, 5.74) is -0.201. The smallest absolute Gasteiger partial charge is 0.141 e. The number of carbonyl (C=O) groups excluding carboxylic acids is 2. The van der Waals surface area contributed by atoms with Crippen LogP contribution in [0.1, 0.15) is 99.8 Å². The molecule has 1 heterocycles. The highest BCUT2D eigenvalue weighted by atomic mass is 16.5. The van der Waals surface area contributed by atoms with Crippen molar-refractivity contribution in [1.82, 2.24) is 4.90 Å². The van der Waals surface area contributed by atoms with Crippen LogP contribution in [0.5, 0.6) is 0 Å². The first-order valence-corrected chi connectivity index (χ1v) is 10.9. The van der Waals surface area contributed by atoms with Gasteiger partial charge in [0.25, 0.3) is 0 Å². The van der Waals surface area contributed by atoms with Crippen LogP contribution in [0.3, 0.4) is 0 Å². The Bertz CT molecular complexity index is 452. The first kappa shape index (κ1) is 24.3. The van der Waals surface area contributed by atoms with Crippen LogP contribution < -0.4 is 0 Å². The Morgan fingerprint density at radius 1 is 0.926 bits per heavy atom. The molecule has 0 N–H and O–H groups in total. The maximum absolute atomic E-state index is 11.9. The molecule has 0 saturated carbocycles. The van der Waals surface area contributed by atoms with Crippen molar-refractivity contribution in [3.05, 3.63) is 0 Å². The van der Waals surface area contributed by atoms with Crippen molar-refractivity contribution in [3.63, 3.8) is 0 Å². The molecule has 0 unspecified atom stereocenters. The summed E-state index contributed by atoms with van der Waals surface area (Å²) in [6.07, 6.45) is 9.79. The summed E-state index contributed by atoms with van der Waals surface area (Å²) in [4.78, 5) is 26.2. The van der Waals surface area contributed by atoms with Crippen LogP contribution in [0.25, 0.3) is 0 Å². The zero-order valence-corrected chi connectivity index (χ0v) is 18.9. The van der Waals surface area contributed by atoms with Gasteiger partial charge in [-0.2, -0.15) is 0 Å². The highest BCUT2D eigenvalue weighted by Gasteiger charge is 2.47. The number of likely N-dealkylation sites (tertiary alicyclic amines) is 1. The Morgan fingerprint density at radius 3 is 1.89 bits per heavy atom. The summed E-state index contributed by atoms with van der Waals surface area (Å²) in [6.45, 7) is 15.5. The highest BCUT2D eigenvalue weighted by molar-refractivity contribution is 6.00. The average molecular weight is 382 g/mol. The second kappa shape index (κ2) is 10.7. The molecule has 4 nitrogen and oxygen atoms in total. The Kier molecular flexibility index (Phi) is 9.64. The lowest BCUT2D eigenvalue weighted by Crippen LogP contribution is -2.63. The van der Waals surface area contributed by atoms with E-state index in [0.717, 1.165) is 25.9 Å². The molecule has 1 saturated heterocycles. The molecule has 0 radical (unpaired) electrons. The van der Waals surface area contributed by atoms with Gasteiger partial charge < -0.3 is 4.74 Å². The molecule has 4 heteroatoms. The fraction of sp³-hybridized carbons (Fsp3) is 0.913. The number of piperidine rings is 1. The van der Waals surface area contributed by atoms with Gasteiger partial charge in [0.1, 0.15) is 11.6 Å². The number of rotatable bonds is 12. The topological polar surface area (TPSA) is 46.6 Å². The molecule has 27 heavy (non-hydrogen) atoms. The largest absolute Gasteiger partial charge is 0.378 e. The van der Waals surface area contributed by atoms with Crippen molar-refractivity contribution in [2.24, 2.45) is 5.92 Å². The van der Waals surface area contributed by atoms with Crippen LogP contribution in [-0.4, -0.2) is 46.8 Å². The molecular formula is C23H43NO3.